The molecule has 0 saturated heterocycles. The largest absolute Gasteiger partial charge is 0.465 e. The van der Waals surface area contributed by atoms with Crippen LogP contribution in [-0.4, -0.2) is 22.6 Å². The maximum Gasteiger partial charge on any atom is 0.408 e. The summed E-state index contributed by atoms with van der Waals surface area (Å²) in [5, 5.41) is 9.40. The molecule has 112 valence electrons. The van der Waals surface area contributed by atoms with Gasteiger partial charge in [-0.2, -0.15) is 0 Å². The summed E-state index contributed by atoms with van der Waals surface area (Å²) in [4.78, 5) is 12.9. The number of carboxylic acid groups (broad SMARTS) is 1. The van der Waals surface area contributed by atoms with Gasteiger partial charge in [0.25, 0.3) is 0 Å². The van der Waals surface area contributed by atoms with Crippen molar-refractivity contribution in [3.8, 4) is 12.8 Å². The van der Waals surface area contributed by atoms with E-state index in [1.165, 1.54) is 17.0 Å². The molecule has 1 amide bonds. The number of hydrogen-bond donors (Lipinski definition) is 1. The Morgan fingerprint density at radius 1 is 1.14 bits per heavy atom. The van der Waals surface area contributed by atoms with Crippen molar-refractivity contribution in [2.75, 3.05) is 6.54 Å². The summed E-state index contributed by atoms with van der Waals surface area (Å²) in [6.07, 6.45) is 7.76. The molecule has 0 unspecified atom stereocenters. The van der Waals surface area contributed by atoms with Crippen LogP contribution in [0.1, 0.15) is 22.7 Å². The van der Waals surface area contributed by atoms with Crippen LogP contribution in [0.15, 0.2) is 48.5 Å². The zero-order chi connectivity index (χ0) is 16.1. The Labute approximate surface area is 129 Å². The van der Waals surface area contributed by atoms with Crippen LogP contribution in [0.3, 0.4) is 0 Å². The van der Waals surface area contributed by atoms with Crippen LogP contribution in [0.5, 0.6) is 0 Å². The number of amides is 1. The maximum atomic E-state index is 13.1. The van der Waals surface area contributed by atoms with E-state index in [9.17, 15) is 14.3 Å². The number of benzene rings is 2. The molecule has 2 aromatic carbocycles. The van der Waals surface area contributed by atoms with Gasteiger partial charge in [-0.25, -0.2) is 9.18 Å². The summed E-state index contributed by atoms with van der Waals surface area (Å²) in [7, 11) is 0. The van der Waals surface area contributed by atoms with Crippen molar-refractivity contribution in [3.05, 3.63) is 71.0 Å². The summed E-state index contributed by atoms with van der Waals surface area (Å²) in [6.45, 7) is 0.453. The minimum atomic E-state index is -0.950. The monoisotopic (exact) mass is 297 g/mol. The van der Waals surface area contributed by atoms with Crippen molar-refractivity contribution in [1.82, 2.24) is 4.90 Å². The Kier molecular flexibility index (Phi) is 4.80. The first kappa shape index (κ1) is 15.6. The highest BCUT2D eigenvalue weighted by atomic mass is 19.1. The van der Waals surface area contributed by atoms with Gasteiger partial charge < -0.3 is 5.11 Å². The molecule has 0 radical (unpaired) electrons. The van der Waals surface area contributed by atoms with Crippen LogP contribution in [0, 0.1) is 18.7 Å². The second-order valence-electron chi connectivity index (χ2n) is 4.88. The van der Waals surface area contributed by atoms with E-state index in [0.717, 1.165) is 16.7 Å². The number of halogens is 1. The van der Waals surface area contributed by atoms with Gasteiger partial charge in [0.2, 0.25) is 0 Å². The average Bonchev–Trinajstić information content (AvgIpc) is 2.56. The fourth-order valence-corrected chi connectivity index (χ4v) is 2.78. The summed E-state index contributed by atoms with van der Waals surface area (Å²) >= 11 is 0. The van der Waals surface area contributed by atoms with Gasteiger partial charge in [0, 0.05) is 6.54 Å². The predicted octanol–water partition coefficient (Wildman–Crippen LogP) is 3.70. The zero-order valence-corrected chi connectivity index (χ0v) is 11.9. The highest BCUT2D eigenvalue weighted by Gasteiger charge is 2.31. The highest BCUT2D eigenvalue weighted by molar-refractivity contribution is 5.67. The molecule has 22 heavy (non-hydrogen) atoms. The van der Waals surface area contributed by atoms with Crippen LogP contribution in [-0.2, 0) is 6.42 Å². The number of hydrogen-bond acceptors (Lipinski definition) is 1. The first-order valence-corrected chi connectivity index (χ1v) is 6.83. The van der Waals surface area contributed by atoms with Crippen LogP contribution in [0.25, 0.3) is 0 Å². The lowest BCUT2D eigenvalue weighted by Gasteiger charge is -2.35. The van der Waals surface area contributed by atoms with E-state index >= 15 is 0 Å². The Morgan fingerprint density at radius 2 is 1.77 bits per heavy atom. The third kappa shape index (κ3) is 2.94. The molecule has 0 fully saturated rings. The molecule has 0 spiro atoms. The predicted molar refractivity (Wildman–Crippen MR) is 83.0 cm³/mol. The van der Waals surface area contributed by atoms with Crippen LogP contribution >= 0.6 is 0 Å². The van der Waals surface area contributed by atoms with E-state index in [2.05, 4.69) is 12.8 Å². The van der Waals surface area contributed by atoms with Crippen molar-refractivity contribution in [2.45, 2.75) is 12.5 Å². The van der Waals surface area contributed by atoms with Crippen LogP contribution < -0.4 is 0 Å². The summed E-state index contributed by atoms with van der Waals surface area (Å²) in [5.41, 5.74) is 2.92. The molecule has 4 heteroatoms. The Hall–Kier alpha value is -2.80. The fourth-order valence-electron chi connectivity index (χ4n) is 2.78. The SMILES string of the molecule is C#C.O=C(O)N1CCc2ccccc2[C@@H]1c1ccc(F)cc1. The van der Waals surface area contributed by atoms with Gasteiger partial charge in [-0.05, 0) is 35.2 Å². The topological polar surface area (TPSA) is 40.5 Å². The summed E-state index contributed by atoms with van der Waals surface area (Å²) < 4.78 is 13.1. The van der Waals surface area contributed by atoms with Gasteiger partial charge in [0.15, 0.2) is 0 Å². The van der Waals surface area contributed by atoms with E-state index < -0.39 is 6.09 Å². The molecule has 1 N–H and O–H groups in total. The second-order valence-corrected chi connectivity index (χ2v) is 4.88. The Balaban J connectivity index is 0.000000847. The van der Waals surface area contributed by atoms with Crippen molar-refractivity contribution < 1.29 is 14.3 Å². The van der Waals surface area contributed by atoms with Crippen LogP contribution in [0.4, 0.5) is 9.18 Å². The molecule has 0 aliphatic carbocycles. The van der Waals surface area contributed by atoms with Crippen molar-refractivity contribution >= 4 is 6.09 Å². The molecule has 2 aromatic rings. The molecular weight excluding hydrogens is 281 g/mol. The number of terminal acetylenes is 1. The molecule has 0 bridgehead atoms. The van der Waals surface area contributed by atoms with E-state index in [1.807, 2.05) is 24.3 Å². The highest BCUT2D eigenvalue weighted by Crippen LogP contribution is 2.35. The Bertz CT molecular complexity index is 679. The number of fused-ring (bicyclic) bond motifs is 1. The quantitative estimate of drug-likeness (QED) is 0.815. The number of nitrogens with zero attached hydrogens (tertiary/aromatic N) is 1. The molecule has 1 atom stereocenters. The maximum absolute atomic E-state index is 13.1. The van der Waals surface area contributed by atoms with Crippen LogP contribution in [0.2, 0.25) is 0 Å². The van der Waals surface area contributed by atoms with E-state index in [1.54, 1.807) is 12.1 Å². The summed E-state index contributed by atoms with van der Waals surface area (Å²) in [5.74, 6) is -0.320. The molecule has 1 aliphatic rings. The first-order valence-electron chi connectivity index (χ1n) is 6.83. The lowest BCUT2D eigenvalue weighted by atomic mass is 9.88. The van der Waals surface area contributed by atoms with Gasteiger partial charge >= 0.3 is 6.09 Å². The van der Waals surface area contributed by atoms with Crippen molar-refractivity contribution in [3.63, 3.8) is 0 Å². The minimum Gasteiger partial charge on any atom is -0.465 e. The minimum absolute atomic E-state index is 0.320. The zero-order valence-electron chi connectivity index (χ0n) is 11.9. The summed E-state index contributed by atoms with van der Waals surface area (Å²) in [6, 6.07) is 13.5. The van der Waals surface area contributed by atoms with E-state index in [4.69, 9.17) is 0 Å². The molecule has 1 heterocycles. The Morgan fingerprint density at radius 3 is 2.41 bits per heavy atom. The van der Waals surface area contributed by atoms with Gasteiger partial charge in [-0.15, -0.1) is 12.8 Å². The van der Waals surface area contributed by atoms with Crippen molar-refractivity contribution in [1.29, 1.82) is 0 Å². The van der Waals surface area contributed by atoms with Gasteiger partial charge in [-0.3, -0.25) is 4.90 Å². The fraction of sp³-hybridized carbons (Fsp3) is 0.167. The normalized spacial score (nSPS) is 16.1. The molecule has 1 aliphatic heterocycles. The van der Waals surface area contributed by atoms with Gasteiger partial charge in [-0.1, -0.05) is 36.4 Å². The molecule has 0 aromatic heterocycles. The second kappa shape index (κ2) is 6.77. The van der Waals surface area contributed by atoms with Crippen molar-refractivity contribution in [2.24, 2.45) is 0 Å². The molecule has 3 nitrogen and oxygen atoms in total. The number of carbonyl (C=O) groups is 1. The van der Waals surface area contributed by atoms with E-state index in [-0.39, 0.29) is 11.9 Å². The first-order chi connectivity index (χ1) is 10.7. The molecule has 3 rings (SSSR count). The third-order valence-electron chi connectivity index (χ3n) is 3.71. The smallest absolute Gasteiger partial charge is 0.408 e. The third-order valence-corrected chi connectivity index (χ3v) is 3.71. The van der Waals surface area contributed by atoms with Gasteiger partial charge in [0.1, 0.15) is 5.82 Å². The lowest BCUT2D eigenvalue weighted by Crippen LogP contribution is -2.39. The molecule has 0 saturated carbocycles. The lowest BCUT2D eigenvalue weighted by molar-refractivity contribution is 0.129. The molecular formula is C18H16FNO2. The average molecular weight is 297 g/mol. The van der Waals surface area contributed by atoms with E-state index in [0.29, 0.717) is 13.0 Å². The van der Waals surface area contributed by atoms with Gasteiger partial charge in [0.05, 0.1) is 6.04 Å². The standard InChI is InChI=1S/C16H14FNO2.C2H2/c17-13-7-5-12(6-8-13)15-14-4-2-1-3-11(14)9-10-18(15)16(19)20;1-2/h1-8,15H,9-10H2,(H,19,20);1-2H/t15-;/m0./s1. The number of rotatable bonds is 1.